The van der Waals surface area contributed by atoms with Gasteiger partial charge in [0.1, 0.15) is 17.3 Å². The Bertz CT molecular complexity index is 1100. The van der Waals surface area contributed by atoms with Crippen molar-refractivity contribution in [3.05, 3.63) is 89.1 Å². The predicted octanol–water partition coefficient (Wildman–Crippen LogP) is 5.41. The normalized spacial score (nSPS) is 14.6. The van der Waals surface area contributed by atoms with Gasteiger partial charge in [-0.25, -0.2) is 4.79 Å². The van der Waals surface area contributed by atoms with Crippen molar-refractivity contribution in [3.63, 3.8) is 0 Å². The van der Waals surface area contributed by atoms with Crippen LogP contribution >= 0.6 is 0 Å². The Kier molecular flexibility index (Phi) is 4.59. The first-order chi connectivity index (χ1) is 13.8. The van der Waals surface area contributed by atoms with Gasteiger partial charge >= 0.3 is 5.97 Å². The van der Waals surface area contributed by atoms with Crippen molar-refractivity contribution < 1.29 is 23.5 Å². The number of ether oxygens (including phenoxy) is 2. The molecule has 5 nitrogen and oxygen atoms in total. The number of allylic oxidation sites excluding steroid dienone is 1. The van der Waals surface area contributed by atoms with E-state index in [1.54, 1.807) is 36.4 Å². The molecule has 0 bridgehead atoms. The maximum atomic E-state index is 12.5. The van der Waals surface area contributed by atoms with E-state index in [9.17, 15) is 9.59 Å². The molecule has 0 aliphatic carbocycles. The van der Waals surface area contributed by atoms with Gasteiger partial charge in [0.15, 0.2) is 5.76 Å². The molecule has 5 heteroatoms. The molecule has 0 fully saturated rings. The summed E-state index contributed by atoms with van der Waals surface area (Å²) in [6.07, 6.45) is 3.05. The minimum absolute atomic E-state index is 0.00711. The quantitative estimate of drug-likeness (QED) is 0.341. The Morgan fingerprint density at radius 1 is 1.03 bits per heavy atom. The minimum Gasteiger partial charge on any atom is -0.465 e. The van der Waals surface area contributed by atoms with Crippen LogP contribution in [0.1, 0.15) is 52.8 Å². The number of carbonyl (C=O) groups excluding carboxylic acids is 2. The lowest BCUT2D eigenvalue weighted by Crippen LogP contribution is -2.12. The number of hydrogen-bond acceptors (Lipinski definition) is 5. The number of fused-ring (bicyclic) bond motifs is 1. The number of furan rings is 1. The van der Waals surface area contributed by atoms with Gasteiger partial charge in [-0.3, -0.25) is 4.79 Å². The first-order valence-electron chi connectivity index (χ1n) is 9.26. The molecule has 0 atom stereocenters. The Labute approximate surface area is 168 Å². The van der Waals surface area contributed by atoms with Crippen molar-refractivity contribution in [1.82, 2.24) is 0 Å². The number of rotatable bonds is 3. The maximum absolute atomic E-state index is 12.5. The summed E-state index contributed by atoms with van der Waals surface area (Å²) in [6, 6.07) is 15.5. The van der Waals surface area contributed by atoms with Crippen LogP contribution in [0.5, 0.6) is 11.5 Å². The fourth-order valence-corrected chi connectivity index (χ4v) is 3.01. The molecule has 4 rings (SSSR count). The van der Waals surface area contributed by atoms with Gasteiger partial charge in [0, 0.05) is 12.1 Å². The van der Waals surface area contributed by atoms with E-state index >= 15 is 0 Å². The van der Waals surface area contributed by atoms with Crippen molar-refractivity contribution in [2.24, 2.45) is 0 Å². The molecule has 1 aromatic heterocycles. The molecular formula is C24H20O5. The molecule has 146 valence electrons. The zero-order valence-electron chi connectivity index (χ0n) is 16.4. The molecule has 2 heterocycles. The van der Waals surface area contributed by atoms with Crippen LogP contribution in [-0.4, -0.2) is 11.8 Å². The molecule has 0 N–H and O–H groups in total. The van der Waals surface area contributed by atoms with Crippen LogP contribution in [0.2, 0.25) is 0 Å². The second kappa shape index (κ2) is 7.09. The van der Waals surface area contributed by atoms with Gasteiger partial charge in [-0.2, -0.15) is 0 Å². The SMILES string of the molecule is CC(C)(C)c1ccc(C(=O)Oc2ccc3c(c2)O/C(=C\c2ccco2)C3=O)cc1. The van der Waals surface area contributed by atoms with Crippen LogP contribution in [0.25, 0.3) is 6.08 Å². The third kappa shape index (κ3) is 3.85. The van der Waals surface area contributed by atoms with Crippen molar-refractivity contribution in [1.29, 1.82) is 0 Å². The van der Waals surface area contributed by atoms with E-state index in [1.165, 1.54) is 18.4 Å². The molecule has 3 aromatic rings. The Balaban J connectivity index is 1.51. The fourth-order valence-electron chi connectivity index (χ4n) is 3.01. The highest BCUT2D eigenvalue weighted by Gasteiger charge is 2.28. The number of esters is 1. The zero-order valence-corrected chi connectivity index (χ0v) is 16.4. The van der Waals surface area contributed by atoms with Gasteiger partial charge in [0.05, 0.1) is 17.4 Å². The minimum atomic E-state index is -0.471. The summed E-state index contributed by atoms with van der Waals surface area (Å²) in [5.74, 6) is 0.623. The van der Waals surface area contributed by atoms with Crippen molar-refractivity contribution >= 4 is 17.8 Å². The molecule has 2 aromatic carbocycles. The first-order valence-corrected chi connectivity index (χ1v) is 9.26. The van der Waals surface area contributed by atoms with E-state index in [-0.39, 0.29) is 17.0 Å². The summed E-state index contributed by atoms with van der Waals surface area (Å²) in [5.41, 5.74) is 2.01. The molecule has 0 radical (unpaired) electrons. The summed E-state index contributed by atoms with van der Waals surface area (Å²) in [6.45, 7) is 6.34. The van der Waals surface area contributed by atoms with Gasteiger partial charge in [-0.15, -0.1) is 0 Å². The average Bonchev–Trinajstić information content (AvgIpc) is 3.30. The highest BCUT2D eigenvalue weighted by Crippen LogP contribution is 2.35. The number of Topliss-reactive ketones (excluding diaryl/α,β-unsaturated/α-hetero) is 1. The number of benzene rings is 2. The van der Waals surface area contributed by atoms with E-state index in [0.717, 1.165) is 5.56 Å². The lowest BCUT2D eigenvalue weighted by Gasteiger charge is -2.18. The second-order valence-electron chi connectivity index (χ2n) is 7.83. The van der Waals surface area contributed by atoms with Crippen LogP contribution in [0, 0.1) is 0 Å². The van der Waals surface area contributed by atoms with Gasteiger partial charge in [0.25, 0.3) is 0 Å². The van der Waals surface area contributed by atoms with Gasteiger partial charge < -0.3 is 13.9 Å². The molecule has 1 aliphatic rings. The van der Waals surface area contributed by atoms with Crippen LogP contribution < -0.4 is 9.47 Å². The standard InChI is InChI=1S/C24H20O5/c1-24(2,3)16-8-6-15(7-9-16)23(26)28-18-10-11-19-20(14-18)29-21(22(19)25)13-17-5-4-12-27-17/h4-14H,1-3H3/b21-13-. The molecular weight excluding hydrogens is 368 g/mol. The van der Waals surface area contributed by atoms with E-state index in [1.807, 2.05) is 12.1 Å². The summed E-state index contributed by atoms with van der Waals surface area (Å²) < 4.78 is 16.3. The zero-order chi connectivity index (χ0) is 20.6. The average molecular weight is 388 g/mol. The summed E-state index contributed by atoms with van der Waals surface area (Å²) in [7, 11) is 0. The van der Waals surface area contributed by atoms with E-state index in [4.69, 9.17) is 13.9 Å². The van der Waals surface area contributed by atoms with Gasteiger partial charge in [-0.05, 0) is 47.4 Å². The second-order valence-corrected chi connectivity index (χ2v) is 7.83. The topological polar surface area (TPSA) is 65.7 Å². The van der Waals surface area contributed by atoms with E-state index in [0.29, 0.717) is 28.4 Å². The summed E-state index contributed by atoms with van der Waals surface area (Å²) in [5, 5.41) is 0. The largest absolute Gasteiger partial charge is 0.465 e. The van der Waals surface area contributed by atoms with Crippen LogP contribution in [0.4, 0.5) is 0 Å². The number of carbonyl (C=O) groups is 2. The Hall–Kier alpha value is -3.60. The van der Waals surface area contributed by atoms with Crippen LogP contribution in [-0.2, 0) is 5.41 Å². The number of ketones is 1. The van der Waals surface area contributed by atoms with Crippen molar-refractivity contribution in [2.75, 3.05) is 0 Å². The smallest absolute Gasteiger partial charge is 0.343 e. The first kappa shape index (κ1) is 18.7. The third-order valence-electron chi connectivity index (χ3n) is 4.66. The lowest BCUT2D eigenvalue weighted by atomic mass is 9.87. The maximum Gasteiger partial charge on any atom is 0.343 e. The molecule has 0 spiro atoms. The third-order valence-corrected chi connectivity index (χ3v) is 4.66. The lowest BCUT2D eigenvalue weighted by molar-refractivity contribution is 0.0734. The molecule has 0 saturated carbocycles. The molecule has 0 unspecified atom stereocenters. The van der Waals surface area contributed by atoms with Crippen molar-refractivity contribution in [3.8, 4) is 11.5 Å². The van der Waals surface area contributed by atoms with Crippen LogP contribution in [0.15, 0.2) is 71.0 Å². The summed E-state index contributed by atoms with van der Waals surface area (Å²) >= 11 is 0. The highest BCUT2D eigenvalue weighted by molar-refractivity contribution is 6.14. The molecule has 1 aliphatic heterocycles. The van der Waals surface area contributed by atoms with Gasteiger partial charge in [-0.1, -0.05) is 32.9 Å². The van der Waals surface area contributed by atoms with E-state index < -0.39 is 5.97 Å². The predicted molar refractivity (Wildman–Crippen MR) is 108 cm³/mol. The molecule has 0 saturated heterocycles. The van der Waals surface area contributed by atoms with E-state index in [2.05, 4.69) is 20.8 Å². The van der Waals surface area contributed by atoms with Gasteiger partial charge in [0.2, 0.25) is 5.78 Å². The fraction of sp³-hybridized carbons (Fsp3) is 0.167. The molecule has 29 heavy (non-hydrogen) atoms. The Morgan fingerprint density at radius 2 is 1.79 bits per heavy atom. The van der Waals surface area contributed by atoms with Crippen molar-refractivity contribution in [2.45, 2.75) is 26.2 Å². The monoisotopic (exact) mass is 388 g/mol. The van der Waals surface area contributed by atoms with Crippen LogP contribution in [0.3, 0.4) is 0 Å². The highest BCUT2D eigenvalue weighted by atomic mass is 16.5. The number of hydrogen-bond donors (Lipinski definition) is 0. The summed E-state index contributed by atoms with van der Waals surface area (Å²) in [4.78, 5) is 24.9. The molecule has 0 amide bonds. The Morgan fingerprint density at radius 3 is 2.45 bits per heavy atom.